The second kappa shape index (κ2) is 5.97. The number of ether oxygens (including phenoxy) is 1. The van der Waals surface area contributed by atoms with Crippen molar-refractivity contribution in [3.63, 3.8) is 0 Å². The molecule has 1 rings (SSSR count). The van der Waals surface area contributed by atoms with Gasteiger partial charge in [0.25, 0.3) is 0 Å². The molecule has 3 heteroatoms. The van der Waals surface area contributed by atoms with E-state index in [1.807, 2.05) is 32.1 Å². The third-order valence-electron chi connectivity index (χ3n) is 2.37. The molecule has 1 atom stereocenters. The van der Waals surface area contributed by atoms with Crippen molar-refractivity contribution in [3.8, 4) is 0 Å². The molecule has 86 valence electrons. The van der Waals surface area contributed by atoms with Crippen LogP contribution in [-0.4, -0.2) is 0 Å². The fourth-order valence-electron chi connectivity index (χ4n) is 1.46. The highest BCUT2D eigenvalue weighted by Gasteiger charge is 2.12. The Morgan fingerprint density at radius 2 is 2.06 bits per heavy atom. The summed E-state index contributed by atoms with van der Waals surface area (Å²) in [5.74, 6) is 0.964. The van der Waals surface area contributed by atoms with Crippen LogP contribution in [0.5, 0.6) is 0 Å². The van der Waals surface area contributed by atoms with E-state index in [1.165, 1.54) is 6.26 Å². The summed E-state index contributed by atoms with van der Waals surface area (Å²) in [5, 5.41) is 1.12. The Balaban J connectivity index is 2.99. The highest BCUT2D eigenvalue weighted by molar-refractivity contribution is 6.42. The van der Waals surface area contributed by atoms with Gasteiger partial charge in [-0.3, -0.25) is 0 Å². The minimum atomic E-state index is 0.123. The van der Waals surface area contributed by atoms with Gasteiger partial charge in [-0.05, 0) is 30.7 Å². The van der Waals surface area contributed by atoms with Crippen LogP contribution in [0.2, 0.25) is 10.0 Å². The molecule has 1 aromatic carbocycles. The van der Waals surface area contributed by atoms with Gasteiger partial charge >= 0.3 is 0 Å². The maximum Gasteiger partial charge on any atom is 0.106 e. The molecule has 0 aliphatic carbocycles. The lowest BCUT2D eigenvalue weighted by Gasteiger charge is -2.15. The number of halogens is 2. The van der Waals surface area contributed by atoms with Crippen molar-refractivity contribution < 1.29 is 4.74 Å². The van der Waals surface area contributed by atoms with Crippen LogP contribution in [0, 0.1) is 0 Å². The molecule has 0 heterocycles. The van der Waals surface area contributed by atoms with Crippen LogP contribution in [0.3, 0.4) is 0 Å². The summed E-state index contributed by atoms with van der Waals surface area (Å²) < 4.78 is 5.33. The first kappa shape index (κ1) is 13.1. The first-order valence-electron chi connectivity index (χ1n) is 4.98. The Bertz CT molecular complexity index is 410. The molecule has 0 aliphatic heterocycles. The summed E-state index contributed by atoms with van der Waals surface area (Å²) in [5.41, 5.74) is 1.06. The average molecular weight is 257 g/mol. The number of hydrogen-bond acceptors (Lipinski definition) is 1. The van der Waals surface area contributed by atoms with Gasteiger partial charge in [0.15, 0.2) is 0 Å². The molecule has 0 fully saturated rings. The monoisotopic (exact) mass is 256 g/mol. The van der Waals surface area contributed by atoms with Gasteiger partial charge in [0, 0.05) is 5.92 Å². The molecule has 0 saturated carbocycles. The zero-order chi connectivity index (χ0) is 12.1. The van der Waals surface area contributed by atoms with Gasteiger partial charge in [-0.2, -0.15) is 0 Å². The Morgan fingerprint density at radius 1 is 1.38 bits per heavy atom. The van der Waals surface area contributed by atoms with E-state index in [0.717, 1.165) is 11.3 Å². The van der Waals surface area contributed by atoms with Crippen molar-refractivity contribution in [2.24, 2.45) is 0 Å². The summed E-state index contributed by atoms with van der Waals surface area (Å²) in [7, 11) is 0. The van der Waals surface area contributed by atoms with Crippen molar-refractivity contribution in [3.05, 3.63) is 58.5 Å². The largest absolute Gasteiger partial charge is 0.470 e. The molecule has 0 saturated heterocycles. The van der Waals surface area contributed by atoms with E-state index >= 15 is 0 Å². The third kappa shape index (κ3) is 3.03. The quantitative estimate of drug-likeness (QED) is 0.677. The van der Waals surface area contributed by atoms with Crippen LogP contribution in [0.1, 0.15) is 25.3 Å². The van der Waals surface area contributed by atoms with Gasteiger partial charge in [-0.25, -0.2) is 0 Å². The summed E-state index contributed by atoms with van der Waals surface area (Å²) in [6, 6.07) is 5.58. The predicted molar refractivity (Wildman–Crippen MR) is 69.9 cm³/mol. The molecule has 0 aromatic heterocycles. The van der Waals surface area contributed by atoms with Crippen LogP contribution >= 0.6 is 23.2 Å². The maximum absolute atomic E-state index is 5.97. The van der Waals surface area contributed by atoms with Gasteiger partial charge in [-0.15, -0.1) is 0 Å². The highest BCUT2D eigenvalue weighted by Crippen LogP contribution is 2.30. The first-order valence-corrected chi connectivity index (χ1v) is 5.74. The van der Waals surface area contributed by atoms with E-state index < -0.39 is 0 Å². The van der Waals surface area contributed by atoms with Crippen molar-refractivity contribution in [1.29, 1.82) is 0 Å². The molecule has 0 aliphatic rings. The summed E-state index contributed by atoms with van der Waals surface area (Å²) in [4.78, 5) is 0. The standard InChI is InChI=1S/C13H14Cl2O/c1-4-13(16-5-2)9(3)10-6-7-11(14)12(15)8-10/h4-9H,2H2,1,3H3. The molecule has 0 N–H and O–H groups in total. The fraction of sp³-hybridized carbons (Fsp3) is 0.231. The van der Waals surface area contributed by atoms with Crippen LogP contribution in [-0.2, 0) is 4.74 Å². The molecule has 1 aromatic rings. The normalized spacial score (nSPS) is 13.4. The fourth-order valence-corrected chi connectivity index (χ4v) is 1.77. The molecule has 0 bridgehead atoms. The zero-order valence-electron chi connectivity index (χ0n) is 9.34. The van der Waals surface area contributed by atoms with Gasteiger partial charge in [0.2, 0.25) is 0 Å². The number of benzene rings is 1. The summed E-state index contributed by atoms with van der Waals surface area (Å²) in [6.45, 7) is 7.51. The Morgan fingerprint density at radius 3 is 2.56 bits per heavy atom. The Kier molecular flexibility index (Phi) is 4.91. The van der Waals surface area contributed by atoms with Crippen LogP contribution < -0.4 is 0 Å². The molecule has 0 amide bonds. The van der Waals surface area contributed by atoms with Crippen molar-refractivity contribution >= 4 is 23.2 Å². The number of allylic oxidation sites excluding steroid dienone is 2. The van der Waals surface area contributed by atoms with Crippen LogP contribution in [0.4, 0.5) is 0 Å². The van der Waals surface area contributed by atoms with E-state index in [1.54, 1.807) is 6.07 Å². The summed E-state index contributed by atoms with van der Waals surface area (Å²) >= 11 is 11.8. The van der Waals surface area contributed by atoms with Crippen molar-refractivity contribution in [1.82, 2.24) is 0 Å². The number of rotatable bonds is 4. The molecule has 16 heavy (non-hydrogen) atoms. The van der Waals surface area contributed by atoms with Crippen LogP contribution in [0.25, 0.3) is 0 Å². The van der Waals surface area contributed by atoms with E-state index in [0.29, 0.717) is 10.0 Å². The van der Waals surface area contributed by atoms with Gasteiger partial charge in [-0.1, -0.05) is 42.8 Å². The van der Waals surface area contributed by atoms with E-state index in [9.17, 15) is 0 Å². The number of hydrogen-bond donors (Lipinski definition) is 0. The topological polar surface area (TPSA) is 9.23 Å². The second-order valence-corrected chi connectivity index (χ2v) is 4.19. The molecule has 0 radical (unpaired) electrons. The minimum Gasteiger partial charge on any atom is -0.470 e. The highest BCUT2D eigenvalue weighted by atomic mass is 35.5. The van der Waals surface area contributed by atoms with Gasteiger partial charge in [0.1, 0.15) is 5.76 Å². The summed E-state index contributed by atoms with van der Waals surface area (Å²) in [6.07, 6.45) is 3.33. The van der Waals surface area contributed by atoms with E-state index in [-0.39, 0.29) is 5.92 Å². The molecular weight excluding hydrogens is 243 g/mol. The van der Waals surface area contributed by atoms with E-state index in [2.05, 4.69) is 6.58 Å². The van der Waals surface area contributed by atoms with Crippen molar-refractivity contribution in [2.75, 3.05) is 0 Å². The minimum absolute atomic E-state index is 0.123. The Labute approximate surface area is 106 Å². The molecular formula is C13H14Cl2O. The predicted octanol–water partition coefficient (Wildman–Crippen LogP) is 5.16. The lowest BCUT2D eigenvalue weighted by atomic mass is 9.99. The smallest absolute Gasteiger partial charge is 0.106 e. The lowest BCUT2D eigenvalue weighted by Crippen LogP contribution is -1.99. The molecule has 0 spiro atoms. The second-order valence-electron chi connectivity index (χ2n) is 3.37. The van der Waals surface area contributed by atoms with Gasteiger partial charge < -0.3 is 4.74 Å². The maximum atomic E-state index is 5.97. The SMILES string of the molecule is C=COC(=CC)C(C)c1ccc(Cl)c(Cl)c1. The first-order chi connectivity index (χ1) is 7.60. The van der Waals surface area contributed by atoms with Crippen molar-refractivity contribution in [2.45, 2.75) is 19.8 Å². The Hall–Kier alpha value is -0.920. The van der Waals surface area contributed by atoms with E-state index in [4.69, 9.17) is 27.9 Å². The molecule has 1 nitrogen and oxygen atoms in total. The zero-order valence-corrected chi connectivity index (χ0v) is 10.8. The third-order valence-corrected chi connectivity index (χ3v) is 3.11. The van der Waals surface area contributed by atoms with Gasteiger partial charge in [0.05, 0.1) is 16.3 Å². The molecule has 1 unspecified atom stereocenters. The average Bonchev–Trinajstić information content (AvgIpc) is 2.28. The lowest BCUT2D eigenvalue weighted by molar-refractivity contribution is 0.323. The van der Waals surface area contributed by atoms with Crippen LogP contribution in [0.15, 0.2) is 42.9 Å².